The van der Waals surface area contributed by atoms with Gasteiger partial charge in [0.05, 0.1) is 32.3 Å². The first-order valence-corrected chi connectivity index (χ1v) is 7.09. The van der Waals surface area contributed by atoms with E-state index in [4.69, 9.17) is 9.47 Å². The van der Waals surface area contributed by atoms with Crippen molar-refractivity contribution in [2.75, 3.05) is 20.8 Å². The average Bonchev–Trinajstić information content (AvgIpc) is 2.72. The van der Waals surface area contributed by atoms with Gasteiger partial charge in [0, 0.05) is 6.54 Å². The molecule has 1 unspecified atom stereocenters. The molecule has 0 radical (unpaired) electrons. The quantitative estimate of drug-likeness (QED) is 0.916. The van der Waals surface area contributed by atoms with Gasteiger partial charge in [-0.2, -0.15) is 0 Å². The molecule has 1 N–H and O–H groups in total. The molecule has 21 heavy (non-hydrogen) atoms. The number of amides is 1. The van der Waals surface area contributed by atoms with E-state index in [1.807, 2.05) is 26.0 Å². The lowest BCUT2D eigenvalue weighted by Crippen LogP contribution is -2.48. The number of aliphatic hydroxyl groups excluding tert-OH is 1. The van der Waals surface area contributed by atoms with Gasteiger partial charge < -0.3 is 19.5 Å². The van der Waals surface area contributed by atoms with Crippen LogP contribution in [-0.2, 0) is 11.2 Å². The van der Waals surface area contributed by atoms with Crippen LogP contribution in [0.25, 0.3) is 0 Å². The summed E-state index contributed by atoms with van der Waals surface area (Å²) >= 11 is 0. The zero-order chi connectivity index (χ0) is 15.6. The molecule has 1 aliphatic heterocycles. The standard InChI is InChI=1S/C16H23NO4/c1-16(2)14(18)7-8-17(16)15(19)10-11-5-6-12(20-3)13(9-11)21-4/h5-6,9,14,18H,7-8,10H2,1-4H3. The Morgan fingerprint density at radius 2 is 2.00 bits per heavy atom. The molecule has 116 valence electrons. The molecular formula is C16H23NO4. The summed E-state index contributed by atoms with van der Waals surface area (Å²) in [5.41, 5.74) is 0.364. The molecular weight excluding hydrogens is 270 g/mol. The summed E-state index contributed by atoms with van der Waals surface area (Å²) < 4.78 is 10.4. The van der Waals surface area contributed by atoms with Crippen LogP contribution in [0, 0.1) is 0 Å². The maximum Gasteiger partial charge on any atom is 0.227 e. The van der Waals surface area contributed by atoms with Crippen molar-refractivity contribution >= 4 is 5.91 Å². The Balaban J connectivity index is 2.13. The van der Waals surface area contributed by atoms with Gasteiger partial charge in [-0.1, -0.05) is 6.07 Å². The van der Waals surface area contributed by atoms with Gasteiger partial charge in [-0.05, 0) is 38.0 Å². The number of aliphatic hydroxyl groups is 1. The van der Waals surface area contributed by atoms with Crippen molar-refractivity contribution in [3.05, 3.63) is 23.8 Å². The number of rotatable bonds is 4. The van der Waals surface area contributed by atoms with Crippen molar-refractivity contribution in [2.45, 2.75) is 38.3 Å². The normalized spacial score (nSPS) is 20.4. The second-order valence-corrected chi connectivity index (χ2v) is 5.87. The maximum absolute atomic E-state index is 12.5. The fourth-order valence-corrected chi connectivity index (χ4v) is 2.78. The number of hydrogen-bond donors (Lipinski definition) is 1. The van der Waals surface area contributed by atoms with Crippen LogP contribution in [0.15, 0.2) is 18.2 Å². The van der Waals surface area contributed by atoms with Gasteiger partial charge in [-0.3, -0.25) is 4.79 Å². The number of benzene rings is 1. The highest BCUT2D eigenvalue weighted by Crippen LogP contribution is 2.31. The minimum Gasteiger partial charge on any atom is -0.493 e. The number of nitrogens with zero attached hydrogens (tertiary/aromatic N) is 1. The molecule has 1 heterocycles. The van der Waals surface area contributed by atoms with E-state index in [0.717, 1.165) is 5.56 Å². The second-order valence-electron chi connectivity index (χ2n) is 5.87. The van der Waals surface area contributed by atoms with Crippen molar-refractivity contribution in [2.24, 2.45) is 0 Å². The molecule has 0 spiro atoms. The highest BCUT2D eigenvalue weighted by molar-refractivity contribution is 5.80. The molecule has 0 aliphatic carbocycles. The van der Waals surface area contributed by atoms with Gasteiger partial charge in [0.25, 0.3) is 0 Å². The summed E-state index contributed by atoms with van der Waals surface area (Å²) in [5.74, 6) is 1.28. The SMILES string of the molecule is COc1ccc(CC(=O)N2CCC(O)C2(C)C)cc1OC. The van der Waals surface area contributed by atoms with E-state index in [0.29, 0.717) is 24.5 Å². The van der Waals surface area contributed by atoms with E-state index in [9.17, 15) is 9.90 Å². The molecule has 1 saturated heterocycles. The molecule has 0 saturated carbocycles. The molecule has 1 aliphatic rings. The van der Waals surface area contributed by atoms with Crippen LogP contribution in [-0.4, -0.2) is 48.3 Å². The third-order valence-corrected chi connectivity index (χ3v) is 4.24. The van der Waals surface area contributed by atoms with Crippen molar-refractivity contribution in [3.8, 4) is 11.5 Å². The van der Waals surface area contributed by atoms with Crippen molar-refractivity contribution in [3.63, 3.8) is 0 Å². The molecule has 2 rings (SSSR count). The van der Waals surface area contributed by atoms with Crippen LogP contribution >= 0.6 is 0 Å². The Hall–Kier alpha value is -1.75. The molecule has 1 aromatic carbocycles. The monoisotopic (exact) mass is 293 g/mol. The third-order valence-electron chi connectivity index (χ3n) is 4.24. The highest BCUT2D eigenvalue weighted by Gasteiger charge is 2.42. The Kier molecular flexibility index (Phi) is 4.42. The molecule has 0 aromatic heterocycles. The Morgan fingerprint density at radius 3 is 2.52 bits per heavy atom. The number of ether oxygens (including phenoxy) is 2. The first-order chi connectivity index (χ1) is 9.90. The summed E-state index contributed by atoms with van der Waals surface area (Å²) in [4.78, 5) is 14.2. The van der Waals surface area contributed by atoms with Crippen LogP contribution in [0.2, 0.25) is 0 Å². The zero-order valence-electron chi connectivity index (χ0n) is 13.0. The predicted octanol–water partition coefficient (Wildman–Crippen LogP) is 1.62. The predicted molar refractivity (Wildman–Crippen MR) is 79.7 cm³/mol. The van der Waals surface area contributed by atoms with Gasteiger partial charge in [-0.15, -0.1) is 0 Å². The number of carbonyl (C=O) groups is 1. The molecule has 1 atom stereocenters. The van der Waals surface area contributed by atoms with E-state index < -0.39 is 11.6 Å². The van der Waals surface area contributed by atoms with Crippen LogP contribution in [0.4, 0.5) is 0 Å². The molecule has 5 nitrogen and oxygen atoms in total. The lowest BCUT2D eigenvalue weighted by molar-refractivity contribution is -0.135. The first-order valence-electron chi connectivity index (χ1n) is 7.09. The Bertz CT molecular complexity index is 527. The van der Waals surface area contributed by atoms with Gasteiger partial charge in [-0.25, -0.2) is 0 Å². The molecule has 5 heteroatoms. The summed E-state index contributed by atoms with van der Waals surface area (Å²) in [6.07, 6.45) is 0.452. The minimum atomic E-state index is -0.506. The maximum atomic E-state index is 12.5. The molecule has 0 bridgehead atoms. The van der Waals surface area contributed by atoms with Gasteiger partial charge in [0.2, 0.25) is 5.91 Å². The smallest absolute Gasteiger partial charge is 0.227 e. The number of methoxy groups -OCH3 is 2. The minimum absolute atomic E-state index is 0.0174. The lowest BCUT2D eigenvalue weighted by Gasteiger charge is -2.34. The zero-order valence-corrected chi connectivity index (χ0v) is 13.0. The van der Waals surface area contributed by atoms with Crippen molar-refractivity contribution in [1.82, 2.24) is 4.90 Å². The Labute approximate surface area is 125 Å². The van der Waals surface area contributed by atoms with Crippen LogP contribution in [0.1, 0.15) is 25.8 Å². The molecule has 1 amide bonds. The number of hydrogen-bond acceptors (Lipinski definition) is 4. The second kappa shape index (κ2) is 5.93. The molecule has 1 aromatic rings. The first kappa shape index (κ1) is 15.6. The van der Waals surface area contributed by atoms with Crippen molar-refractivity contribution < 1.29 is 19.4 Å². The topological polar surface area (TPSA) is 59.0 Å². The fraction of sp³-hybridized carbons (Fsp3) is 0.562. The highest BCUT2D eigenvalue weighted by atomic mass is 16.5. The van der Waals surface area contributed by atoms with E-state index in [1.165, 1.54) is 0 Å². The lowest BCUT2D eigenvalue weighted by atomic mass is 9.98. The summed E-state index contributed by atoms with van der Waals surface area (Å²) in [5, 5.41) is 9.96. The third kappa shape index (κ3) is 2.97. The van der Waals surface area contributed by atoms with Gasteiger partial charge in [0.15, 0.2) is 11.5 Å². The summed E-state index contributed by atoms with van der Waals surface area (Å²) in [6.45, 7) is 4.40. The van der Waals surface area contributed by atoms with Crippen LogP contribution < -0.4 is 9.47 Å². The molecule has 1 fully saturated rings. The van der Waals surface area contributed by atoms with Gasteiger partial charge in [0.1, 0.15) is 0 Å². The van der Waals surface area contributed by atoms with E-state index >= 15 is 0 Å². The van der Waals surface area contributed by atoms with E-state index in [1.54, 1.807) is 25.2 Å². The average molecular weight is 293 g/mol. The van der Waals surface area contributed by atoms with E-state index in [-0.39, 0.29) is 12.3 Å². The largest absolute Gasteiger partial charge is 0.493 e. The van der Waals surface area contributed by atoms with Crippen LogP contribution in [0.3, 0.4) is 0 Å². The Morgan fingerprint density at radius 1 is 1.33 bits per heavy atom. The fourth-order valence-electron chi connectivity index (χ4n) is 2.78. The van der Waals surface area contributed by atoms with Gasteiger partial charge >= 0.3 is 0 Å². The van der Waals surface area contributed by atoms with Crippen LogP contribution in [0.5, 0.6) is 11.5 Å². The number of likely N-dealkylation sites (tertiary alicyclic amines) is 1. The van der Waals surface area contributed by atoms with Crippen molar-refractivity contribution in [1.29, 1.82) is 0 Å². The summed E-state index contributed by atoms with van der Waals surface area (Å²) in [7, 11) is 3.15. The van der Waals surface area contributed by atoms with E-state index in [2.05, 4.69) is 0 Å². The number of carbonyl (C=O) groups excluding carboxylic acids is 1. The summed E-state index contributed by atoms with van der Waals surface area (Å²) in [6, 6.07) is 5.47.